The number of carbonyl (C=O) groups is 1. The van der Waals surface area contributed by atoms with Crippen LogP contribution in [0.4, 0.5) is 0 Å². The highest BCUT2D eigenvalue weighted by atomic mass is 16.5. The van der Waals surface area contributed by atoms with Gasteiger partial charge in [-0.15, -0.1) is 0 Å². The molecule has 0 aliphatic carbocycles. The van der Waals surface area contributed by atoms with Crippen LogP contribution in [0.15, 0.2) is 73.1 Å². The molecule has 4 rings (SSSR count). The van der Waals surface area contributed by atoms with Crippen LogP contribution in [0.3, 0.4) is 0 Å². The molecule has 0 saturated carbocycles. The van der Waals surface area contributed by atoms with E-state index in [9.17, 15) is 4.79 Å². The zero-order valence-electron chi connectivity index (χ0n) is 16.4. The topological polar surface area (TPSA) is 59.7 Å². The molecule has 0 N–H and O–H groups in total. The summed E-state index contributed by atoms with van der Waals surface area (Å²) in [5.41, 5.74) is 3.99. The maximum absolute atomic E-state index is 13.0. The molecule has 6 heteroatoms. The minimum atomic E-state index is -0.133. The number of hydrogen-bond donors (Lipinski definition) is 0. The van der Waals surface area contributed by atoms with E-state index in [1.165, 1.54) is 0 Å². The summed E-state index contributed by atoms with van der Waals surface area (Å²) in [5.74, 6) is 0.699. The van der Waals surface area contributed by atoms with Gasteiger partial charge >= 0.3 is 0 Å². The van der Waals surface area contributed by atoms with Gasteiger partial charge in [0.1, 0.15) is 17.9 Å². The zero-order valence-corrected chi connectivity index (χ0v) is 16.4. The van der Waals surface area contributed by atoms with E-state index in [1.54, 1.807) is 28.9 Å². The lowest BCUT2D eigenvalue weighted by Gasteiger charge is -2.17. The molecule has 0 bridgehead atoms. The van der Waals surface area contributed by atoms with E-state index in [0.29, 0.717) is 24.4 Å². The van der Waals surface area contributed by atoms with E-state index in [0.717, 1.165) is 22.6 Å². The van der Waals surface area contributed by atoms with E-state index in [4.69, 9.17) is 4.74 Å². The molecule has 6 nitrogen and oxygen atoms in total. The Balaban J connectivity index is 1.51. The number of carbonyl (C=O) groups excluding carboxylic acids is 1. The Hall–Kier alpha value is -3.67. The van der Waals surface area contributed by atoms with E-state index >= 15 is 0 Å². The highest BCUT2D eigenvalue weighted by Gasteiger charge is 2.19. The molecule has 146 valence electrons. The van der Waals surface area contributed by atoms with Crippen LogP contribution < -0.4 is 4.74 Å². The Labute approximate surface area is 169 Å². The summed E-state index contributed by atoms with van der Waals surface area (Å²) >= 11 is 0. The van der Waals surface area contributed by atoms with Gasteiger partial charge < -0.3 is 9.64 Å². The van der Waals surface area contributed by atoms with Crippen molar-refractivity contribution in [1.29, 1.82) is 0 Å². The standard InChI is InChI=1S/C23H22N4O2/c1-17-8-6-7-11-21(17)29-15-14-26(2)23(28)19-16-25-27-20(12-13-24-22(19)27)18-9-4-3-5-10-18/h3-13,16H,14-15H2,1-2H3. The number of aryl methyl sites for hydroxylation is 1. The van der Waals surface area contributed by atoms with Crippen molar-refractivity contribution in [3.05, 3.63) is 84.2 Å². The quantitative estimate of drug-likeness (QED) is 0.505. The summed E-state index contributed by atoms with van der Waals surface area (Å²) in [6, 6.07) is 19.7. The maximum atomic E-state index is 13.0. The van der Waals surface area contributed by atoms with E-state index in [-0.39, 0.29) is 5.91 Å². The van der Waals surface area contributed by atoms with Crippen LogP contribution in [0.1, 0.15) is 15.9 Å². The summed E-state index contributed by atoms with van der Waals surface area (Å²) < 4.78 is 7.52. The van der Waals surface area contributed by atoms with E-state index in [1.807, 2.05) is 67.6 Å². The van der Waals surface area contributed by atoms with Gasteiger partial charge in [0.25, 0.3) is 5.91 Å². The minimum absolute atomic E-state index is 0.133. The van der Waals surface area contributed by atoms with Gasteiger partial charge in [-0.2, -0.15) is 5.10 Å². The zero-order chi connectivity index (χ0) is 20.2. The summed E-state index contributed by atoms with van der Waals surface area (Å²) in [6.45, 7) is 2.87. The fraction of sp³-hybridized carbons (Fsp3) is 0.174. The van der Waals surface area contributed by atoms with Crippen LogP contribution in [0.2, 0.25) is 0 Å². The minimum Gasteiger partial charge on any atom is -0.491 e. The van der Waals surface area contributed by atoms with Crippen molar-refractivity contribution < 1.29 is 9.53 Å². The molecule has 0 fully saturated rings. The van der Waals surface area contributed by atoms with Crippen molar-refractivity contribution in [3.8, 4) is 17.0 Å². The third-order valence-electron chi connectivity index (χ3n) is 4.83. The predicted octanol–water partition coefficient (Wildman–Crippen LogP) is 3.86. The van der Waals surface area contributed by atoms with Gasteiger partial charge in [0.2, 0.25) is 0 Å². The third kappa shape index (κ3) is 3.82. The van der Waals surface area contributed by atoms with Crippen LogP contribution in [0.25, 0.3) is 16.9 Å². The molecule has 2 aromatic carbocycles. The number of fused-ring (bicyclic) bond motifs is 1. The Morgan fingerprint density at radius 1 is 1.07 bits per heavy atom. The molecule has 0 aliphatic rings. The SMILES string of the molecule is Cc1ccccc1OCCN(C)C(=O)c1cnn2c(-c3ccccc3)ccnc12. The maximum Gasteiger partial charge on any atom is 0.259 e. The van der Waals surface area contributed by atoms with Crippen LogP contribution >= 0.6 is 0 Å². The van der Waals surface area contributed by atoms with Gasteiger partial charge in [-0.3, -0.25) is 4.79 Å². The summed E-state index contributed by atoms with van der Waals surface area (Å²) in [4.78, 5) is 19.0. The number of amides is 1. The molecule has 2 heterocycles. The second-order valence-corrected chi connectivity index (χ2v) is 6.83. The molecular weight excluding hydrogens is 364 g/mol. The van der Waals surface area contributed by atoms with Gasteiger partial charge in [-0.05, 0) is 24.6 Å². The Morgan fingerprint density at radius 3 is 2.62 bits per heavy atom. The van der Waals surface area contributed by atoms with Crippen LogP contribution in [0, 0.1) is 6.92 Å². The van der Waals surface area contributed by atoms with Gasteiger partial charge in [0, 0.05) is 18.8 Å². The molecule has 1 amide bonds. The first-order valence-electron chi connectivity index (χ1n) is 9.47. The molecule has 2 aromatic heterocycles. The Bertz CT molecular complexity index is 1140. The van der Waals surface area contributed by atoms with Gasteiger partial charge in [0.05, 0.1) is 18.4 Å². The highest BCUT2D eigenvalue weighted by molar-refractivity contribution is 5.99. The number of para-hydroxylation sites is 1. The first-order chi connectivity index (χ1) is 14.1. The average Bonchev–Trinajstić information content (AvgIpc) is 3.19. The third-order valence-corrected chi connectivity index (χ3v) is 4.83. The summed E-state index contributed by atoms with van der Waals surface area (Å²) in [7, 11) is 1.76. The first-order valence-corrected chi connectivity index (χ1v) is 9.47. The van der Waals surface area contributed by atoms with Crippen molar-refractivity contribution in [2.45, 2.75) is 6.92 Å². The summed E-state index contributed by atoms with van der Waals surface area (Å²) in [5, 5.41) is 4.41. The number of aromatic nitrogens is 3. The van der Waals surface area contributed by atoms with Crippen molar-refractivity contribution >= 4 is 11.6 Å². The smallest absolute Gasteiger partial charge is 0.259 e. The van der Waals surface area contributed by atoms with Gasteiger partial charge in [-0.1, -0.05) is 48.5 Å². The van der Waals surface area contributed by atoms with Gasteiger partial charge in [-0.25, -0.2) is 9.50 Å². The van der Waals surface area contributed by atoms with Crippen LogP contribution in [-0.4, -0.2) is 45.6 Å². The van der Waals surface area contributed by atoms with Crippen molar-refractivity contribution in [2.24, 2.45) is 0 Å². The number of ether oxygens (including phenoxy) is 1. The second kappa shape index (κ2) is 8.14. The highest BCUT2D eigenvalue weighted by Crippen LogP contribution is 2.21. The fourth-order valence-corrected chi connectivity index (χ4v) is 3.19. The van der Waals surface area contributed by atoms with Gasteiger partial charge in [0.15, 0.2) is 5.65 Å². The molecule has 0 unspecified atom stereocenters. The molecule has 4 aromatic rings. The first kappa shape index (κ1) is 18.7. The Morgan fingerprint density at radius 2 is 1.83 bits per heavy atom. The Kier molecular flexibility index (Phi) is 5.24. The molecule has 0 atom stereocenters. The van der Waals surface area contributed by atoms with Crippen LogP contribution in [0.5, 0.6) is 5.75 Å². The number of benzene rings is 2. The second-order valence-electron chi connectivity index (χ2n) is 6.83. The number of likely N-dealkylation sites (N-methyl/N-ethyl adjacent to an activating group) is 1. The molecular formula is C23H22N4O2. The lowest BCUT2D eigenvalue weighted by molar-refractivity contribution is 0.0775. The largest absolute Gasteiger partial charge is 0.491 e. The monoisotopic (exact) mass is 386 g/mol. The lowest BCUT2D eigenvalue weighted by Crippen LogP contribution is -2.31. The normalized spacial score (nSPS) is 10.8. The van der Waals surface area contributed by atoms with E-state index < -0.39 is 0 Å². The molecule has 0 spiro atoms. The average molecular weight is 386 g/mol. The fourth-order valence-electron chi connectivity index (χ4n) is 3.19. The molecule has 0 saturated heterocycles. The number of rotatable bonds is 6. The molecule has 29 heavy (non-hydrogen) atoms. The summed E-state index contributed by atoms with van der Waals surface area (Å²) in [6.07, 6.45) is 3.28. The number of nitrogens with zero attached hydrogens (tertiary/aromatic N) is 4. The molecule has 0 aliphatic heterocycles. The predicted molar refractivity (Wildman–Crippen MR) is 112 cm³/mol. The van der Waals surface area contributed by atoms with E-state index in [2.05, 4.69) is 10.1 Å². The number of hydrogen-bond acceptors (Lipinski definition) is 4. The molecule has 0 radical (unpaired) electrons. The lowest BCUT2D eigenvalue weighted by atomic mass is 10.1. The van der Waals surface area contributed by atoms with Crippen LogP contribution in [-0.2, 0) is 0 Å². The van der Waals surface area contributed by atoms with Crippen molar-refractivity contribution in [2.75, 3.05) is 20.2 Å². The van der Waals surface area contributed by atoms with Crippen molar-refractivity contribution in [3.63, 3.8) is 0 Å². The van der Waals surface area contributed by atoms with Crippen molar-refractivity contribution in [1.82, 2.24) is 19.5 Å².